The largest absolute Gasteiger partial charge is 0.368 e. The van der Waals surface area contributed by atoms with Crippen LogP contribution < -0.4 is 9.80 Å². The van der Waals surface area contributed by atoms with E-state index in [2.05, 4.69) is 25.0 Å². The van der Waals surface area contributed by atoms with Crippen LogP contribution in [0, 0.1) is 11.3 Å². The fraction of sp³-hybridized carbons (Fsp3) is 0.286. The molecule has 0 atom stereocenters. The van der Waals surface area contributed by atoms with E-state index in [9.17, 15) is 0 Å². The first-order valence-corrected chi connectivity index (χ1v) is 6.50. The summed E-state index contributed by atoms with van der Waals surface area (Å²) >= 11 is 0. The Morgan fingerprint density at radius 2 is 1.60 bits per heavy atom. The van der Waals surface area contributed by atoms with Crippen molar-refractivity contribution < 1.29 is 0 Å². The van der Waals surface area contributed by atoms with E-state index in [1.807, 2.05) is 36.7 Å². The van der Waals surface area contributed by atoms with Crippen molar-refractivity contribution >= 4 is 11.5 Å². The van der Waals surface area contributed by atoms with E-state index in [-0.39, 0.29) is 0 Å². The summed E-state index contributed by atoms with van der Waals surface area (Å²) in [5.74, 6) is 0.832. The second kappa shape index (κ2) is 5.53. The van der Waals surface area contributed by atoms with Gasteiger partial charge < -0.3 is 9.80 Å². The van der Waals surface area contributed by atoms with E-state index in [0.29, 0.717) is 5.69 Å². The monoisotopic (exact) mass is 266 g/mol. The summed E-state index contributed by atoms with van der Waals surface area (Å²) in [4.78, 5) is 8.55. The highest BCUT2D eigenvalue weighted by Crippen LogP contribution is 2.17. The Bertz CT molecular complexity index is 596. The Hall–Kier alpha value is -2.68. The van der Waals surface area contributed by atoms with Crippen LogP contribution in [0.25, 0.3) is 0 Å². The SMILES string of the molecule is N#Cc1ccc(N2CCN(c3ccncc3)CC2)nn1. The lowest BCUT2D eigenvalue weighted by Crippen LogP contribution is -2.46. The molecule has 1 aliphatic rings. The molecule has 1 aliphatic heterocycles. The minimum Gasteiger partial charge on any atom is -0.368 e. The minimum atomic E-state index is 0.351. The molecule has 2 aromatic rings. The first kappa shape index (κ1) is 12.4. The van der Waals surface area contributed by atoms with E-state index in [0.717, 1.165) is 32.0 Å². The van der Waals surface area contributed by atoms with E-state index < -0.39 is 0 Å². The second-order valence-electron chi connectivity index (χ2n) is 4.57. The smallest absolute Gasteiger partial charge is 0.163 e. The molecule has 1 fully saturated rings. The second-order valence-corrected chi connectivity index (χ2v) is 4.57. The number of hydrogen-bond donors (Lipinski definition) is 0. The lowest BCUT2D eigenvalue weighted by Gasteiger charge is -2.36. The van der Waals surface area contributed by atoms with E-state index in [1.165, 1.54) is 5.69 Å². The summed E-state index contributed by atoms with van der Waals surface area (Å²) in [6, 6.07) is 9.59. The van der Waals surface area contributed by atoms with Gasteiger partial charge in [-0.1, -0.05) is 0 Å². The fourth-order valence-electron chi connectivity index (χ4n) is 2.30. The van der Waals surface area contributed by atoms with Crippen molar-refractivity contribution in [2.24, 2.45) is 0 Å². The van der Waals surface area contributed by atoms with Gasteiger partial charge in [0.2, 0.25) is 0 Å². The molecule has 0 saturated carbocycles. The molecular weight excluding hydrogens is 252 g/mol. The van der Waals surface area contributed by atoms with Crippen molar-refractivity contribution in [3.05, 3.63) is 42.4 Å². The zero-order valence-electron chi connectivity index (χ0n) is 11.0. The Morgan fingerprint density at radius 1 is 0.900 bits per heavy atom. The quantitative estimate of drug-likeness (QED) is 0.810. The van der Waals surface area contributed by atoms with Crippen LogP contribution in [0.5, 0.6) is 0 Å². The van der Waals surface area contributed by atoms with Crippen molar-refractivity contribution in [2.45, 2.75) is 0 Å². The Balaban J connectivity index is 1.65. The zero-order valence-corrected chi connectivity index (χ0v) is 11.0. The van der Waals surface area contributed by atoms with Crippen LogP contribution in [0.2, 0.25) is 0 Å². The molecule has 100 valence electrons. The Labute approximate surface area is 117 Å². The van der Waals surface area contributed by atoms with Crippen molar-refractivity contribution in [1.29, 1.82) is 5.26 Å². The first-order valence-electron chi connectivity index (χ1n) is 6.50. The van der Waals surface area contributed by atoms with Crippen molar-refractivity contribution in [1.82, 2.24) is 15.2 Å². The number of anilines is 2. The van der Waals surface area contributed by atoms with Crippen LogP contribution in [-0.4, -0.2) is 41.4 Å². The predicted octanol–water partition coefficient (Wildman–Crippen LogP) is 1.07. The maximum atomic E-state index is 8.72. The minimum absolute atomic E-state index is 0.351. The molecule has 2 aromatic heterocycles. The third-order valence-corrected chi connectivity index (χ3v) is 3.40. The maximum Gasteiger partial charge on any atom is 0.163 e. The number of aromatic nitrogens is 3. The third-order valence-electron chi connectivity index (χ3n) is 3.40. The zero-order chi connectivity index (χ0) is 13.8. The molecule has 0 aliphatic carbocycles. The topological polar surface area (TPSA) is 68.9 Å². The molecule has 1 saturated heterocycles. The highest BCUT2D eigenvalue weighted by atomic mass is 15.3. The normalized spacial score (nSPS) is 14.9. The Kier molecular flexibility index (Phi) is 3.42. The number of nitrogens with zero attached hydrogens (tertiary/aromatic N) is 6. The summed E-state index contributed by atoms with van der Waals surface area (Å²) in [5, 5.41) is 16.7. The van der Waals surface area contributed by atoms with Gasteiger partial charge in [0.15, 0.2) is 11.5 Å². The van der Waals surface area contributed by atoms with E-state index in [4.69, 9.17) is 5.26 Å². The molecule has 20 heavy (non-hydrogen) atoms. The predicted molar refractivity (Wildman–Crippen MR) is 75.4 cm³/mol. The van der Waals surface area contributed by atoms with Crippen LogP contribution in [0.4, 0.5) is 11.5 Å². The number of rotatable bonds is 2. The van der Waals surface area contributed by atoms with Gasteiger partial charge >= 0.3 is 0 Å². The highest BCUT2D eigenvalue weighted by molar-refractivity contribution is 5.48. The van der Waals surface area contributed by atoms with Crippen LogP contribution >= 0.6 is 0 Å². The van der Waals surface area contributed by atoms with Gasteiger partial charge in [0, 0.05) is 44.3 Å². The van der Waals surface area contributed by atoms with Crippen molar-refractivity contribution in [2.75, 3.05) is 36.0 Å². The molecule has 0 radical (unpaired) electrons. The summed E-state index contributed by atoms with van der Waals surface area (Å²) in [5.41, 5.74) is 1.55. The van der Waals surface area contributed by atoms with Gasteiger partial charge in [0.1, 0.15) is 6.07 Å². The summed E-state index contributed by atoms with van der Waals surface area (Å²) in [6.45, 7) is 3.66. The van der Waals surface area contributed by atoms with Crippen LogP contribution in [0.1, 0.15) is 5.69 Å². The number of nitriles is 1. The molecule has 3 heterocycles. The lowest BCUT2D eigenvalue weighted by molar-refractivity contribution is 0.643. The van der Waals surface area contributed by atoms with Crippen molar-refractivity contribution in [3.8, 4) is 6.07 Å². The van der Waals surface area contributed by atoms with Gasteiger partial charge in [0.05, 0.1) is 0 Å². The van der Waals surface area contributed by atoms with Gasteiger partial charge in [-0.2, -0.15) is 5.26 Å². The van der Waals surface area contributed by atoms with Crippen molar-refractivity contribution in [3.63, 3.8) is 0 Å². The molecular formula is C14H14N6. The van der Waals surface area contributed by atoms with E-state index in [1.54, 1.807) is 6.07 Å². The van der Waals surface area contributed by atoms with Gasteiger partial charge in [0.25, 0.3) is 0 Å². The summed E-state index contributed by atoms with van der Waals surface area (Å²) in [6.07, 6.45) is 3.63. The lowest BCUT2D eigenvalue weighted by atomic mass is 10.2. The molecule has 6 nitrogen and oxygen atoms in total. The van der Waals surface area contributed by atoms with Gasteiger partial charge in [-0.25, -0.2) is 0 Å². The average Bonchev–Trinajstić information content (AvgIpc) is 2.56. The molecule has 0 bridgehead atoms. The van der Waals surface area contributed by atoms with Gasteiger partial charge in [-0.05, 0) is 24.3 Å². The van der Waals surface area contributed by atoms with Crippen LogP contribution in [0.15, 0.2) is 36.7 Å². The standard InChI is InChI=1S/C14H14N6/c15-11-12-1-2-14(18-17-12)20-9-7-19(8-10-20)13-3-5-16-6-4-13/h1-6H,7-10H2. The Morgan fingerprint density at radius 3 is 2.20 bits per heavy atom. The van der Waals surface area contributed by atoms with Crippen LogP contribution in [0.3, 0.4) is 0 Å². The highest BCUT2D eigenvalue weighted by Gasteiger charge is 2.18. The maximum absolute atomic E-state index is 8.72. The summed E-state index contributed by atoms with van der Waals surface area (Å²) < 4.78 is 0. The molecule has 0 amide bonds. The summed E-state index contributed by atoms with van der Waals surface area (Å²) in [7, 11) is 0. The molecule has 0 spiro atoms. The van der Waals surface area contributed by atoms with Gasteiger partial charge in [-0.15, -0.1) is 10.2 Å². The fourth-order valence-corrected chi connectivity index (χ4v) is 2.30. The third kappa shape index (κ3) is 2.52. The van der Waals surface area contributed by atoms with Crippen LogP contribution in [-0.2, 0) is 0 Å². The average molecular weight is 266 g/mol. The number of piperazine rings is 1. The first-order chi connectivity index (χ1) is 9.86. The van der Waals surface area contributed by atoms with Gasteiger partial charge in [-0.3, -0.25) is 4.98 Å². The number of pyridine rings is 1. The molecule has 0 aromatic carbocycles. The van der Waals surface area contributed by atoms with E-state index >= 15 is 0 Å². The molecule has 0 N–H and O–H groups in total. The number of hydrogen-bond acceptors (Lipinski definition) is 6. The molecule has 6 heteroatoms. The molecule has 0 unspecified atom stereocenters. The molecule has 3 rings (SSSR count).